The van der Waals surface area contributed by atoms with E-state index in [2.05, 4.69) is 29.8 Å². The summed E-state index contributed by atoms with van der Waals surface area (Å²) in [6.45, 7) is 8.57. The number of likely N-dealkylation sites (tertiary alicyclic amines) is 1. The van der Waals surface area contributed by atoms with Gasteiger partial charge in [0.2, 0.25) is 0 Å². The SMILES string of the molecule is CCN(CCC1CCCCN1C)CC(C)C#N. The van der Waals surface area contributed by atoms with E-state index < -0.39 is 0 Å². The zero-order valence-corrected chi connectivity index (χ0v) is 11.7. The summed E-state index contributed by atoms with van der Waals surface area (Å²) in [4.78, 5) is 4.92. The van der Waals surface area contributed by atoms with E-state index in [4.69, 9.17) is 5.26 Å². The first kappa shape index (κ1) is 14.5. The summed E-state index contributed by atoms with van der Waals surface area (Å²) in [5.74, 6) is 0.152. The Morgan fingerprint density at radius 2 is 2.24 bits per heavy atom. The van der Waals surface area contributed by atoms with Gasteiger partial charge in [-0.25, -0.2) is 0 Å². The van der Waals surface area contributed by atoms with Crippen LogP contribution in [-0.2, 0) is 0 Å². The summed E-state index contributed by atoms with van der Waals surface area (Å²) in [6, 6.07) is 3.08. The van der Waals surface area contributed by atoms with Gasteiger partial charge in [0.1, 0.15) is 0 Å². The lowest BCUT2D eigenvalue weighted by Gasteiger charge is -2.34. The van der Waals surface area contributed by atoms with Gasteiger partial charge in [-0.15, -0.1) is 0 Å². The lowest BCUT2D eigenvalue weighted by molar-refractivity contribution is 0.153. The molecule has 1 aliphatic rings. The Bertz CT molecular complexity index is 246. The molecule has 0 aromatic heterocycles. The smallest absolute Gasteiger partial charge is 0.0666 e. The zero-order valence-electron chi connectivity index (χ0n) is 11.7. The molecule has 0 spiro atoms. The van der Waals surface area contributed by atoms with Crippen molar-refractivity contribution in [3.05, 3.63) is 0 Å². The standard InChI is InChI=1S/C14H27N3/c1-4-17(12-13(2)11-15)10-8-14-7-5-6-9-16(14)3/h13-14H,4-10,12H2,1-3H3. The van der Waals surface area contributed by atoms with Crippen LogP contribution in [0.15, 0.2) is 0 Å². The van der Waals surface area contributed by atoms with Crippen LogP contribution in [0.1, 0.15) is 39.5 Å². The molecule has 3 nitrogen and oxygen atoms in total. The Morgan fingerprint density at radius 1 is 1.47 bits per heavy atom. The highest BCUT2D eigenvalue weighted by Crippen LogP contribution is 2.18. The lowest BCUT2D eigenvalue weighted by atomic mass is 10.00. The van der Waals surface area contributed by atoms with Crippen LogP contribution in [0, 0.1) is 17.2 Å². The second-order valence-corrected chi connectivity index (χ2v) is 5.34. The van der Waals surface area contributed by atoms with Gasteiger partial charge >= 0.3 is 0 Å². The minimum absolute atomic E-state index is 0.152. The van der Waals surface area contributed by atoms with E-state index in [1.165, 1.54) is 32.2 Å². The van der Waals surface area contributed by atoms with Crippen molar-refractivity contribution in [2.24, 2.45) is 5.92 Å². The summed E-state index contributed by atoms with van der Waals surface area (Å²) in [6.07, 6.45) is 5.34. The third-order valence-corrected chi connectivity index (χ3v) is 3.90. The highest BCUT2D eigenvalue weighted by Gasteiger charge is 2.19. The third-order valence-electron chi connectivity index (χ3n) is 3.90. The predicted octanol–water partition coefficient (Wildman–Crippen LogP) is 2.34. The lowest BCUT2D eigenvalue weighted by Crippen LogP contribution is -2.39. The average Bonchev–Trinajstić information content (AvgIpc) is 2.35. The maximum atomic E-state index is 8.85. The molecule has 2 unspecified atom stereocenters. The molecule has 0 aromatic rings. The molecule has 98 valence electrons. The van der Waals surface area contributed by atoms with Crippen molar-refractivity contribution in [3.8, 4) is 6.07 Å². The van der Waals surface area contributed by atoms with Gasteiger partial charge in [0.25, 0.3) is 0 Å². The van der Waals surface area contributed by atoms with E-state index in [9.17, 15) is 0 Å². The molecule has 0 N–H and O–H groups in total. The fourth-order valence-corrected chi connectivity index (χ4v) is 2.65. The molecule has 3 heteroatoms. The first-order valence-electron chi connectivity index (χ1n) is 6.99. The van der Waals surface area contributed by atoms with E-state index in [1.807, 2.05) is 6.92 Å². The van der Waals surface area contributed by atoms with Crippen LogP contribution in [0.2, 0.25) is 0 Å². The maximum absolute atomic E-state index is 8.85. The third kappa shape index (κ3) is 5.06. The molecule has 0 bridgehead atoms. The molecule has 17 heavy (non-hydrogen) atoms. The zero-order chi connectivity index (χ0) is 12.7. The van der Waals surface area contributed by atoms with Gasteiger partial charge in [0.15, 0.2) is 0 Å². The van der Waals surface area contributed by atoms with Crippen LogP contribution >= 0.6 is 0 Å². The van der Waals surface area contributed by atoms with Crippen molar-refractivity contribution in [3.63, 3.8) is 0 Å². The average molecular weight is 237 g/mol. The van der Waals surface area contributed by atoms with Gasteiger partial charge in [0, 0.05) is 12.6 Å². The highest BCUT2D eigenvalue weighted by molar-refractivity contribution is 4.82. The highest BCUT2D eigenvalue weighted by atomic mass is 15.2. The number of piperidine rings is 1. The predicted molar refractivity (Wildman–Crippen MR) is 71.8 cm³/mol. The summed E-state index contributed by atoms with van der Waals surface area (Å²) < 4.78 is 0. The van der Waals surface area contributed by atoms with E-state index in [0.29, 0.717) is 0 Å². The molecule has 1 aliphatic heterocycles. The van der Waals surface area contributed by atoms with Gasteiger partial charge in [-0.3, -0.25) is 0 Å². The molecule has 1 rings (SSSR count). The van der Waals surface area contributed by atoms with E-state index in [1.54, 1.807) is 0 Å². The molecular formula is C14H27N3. The summed E-state index contributed by atoms with van der Waals surface area (Å²) in [7, 11) is 2.25. The van der Waals surface area contributed by atoms with Crippen molar-refractivity contribution in [2.75, 3.05) is 33.2 Å². The first-order valence-corrected chi connectivity index (χ1v) is 6.99. The number of nitriles is 1. The van der Waals surface area contributed by atoms with E-state index in [0.717, 1.165) is 25.7 Å². The van der Waals surface area contributed by atoms with Gasteiger partial charge in [-0.1, -0.05) is 13.3 Å². The van der Waals surface area contributed by atoms with Crippen LogP contribution in [0.25, 0.3) is 0 Å². The monoisotopic (exact) mass is 237 g/mol. The fourth-order valence-electron chi connectivity index (χ4n) is 2.65. The molecule has 0 radical (unpaired) electrons. The van der Waals surface area contributed by atoms with Crippen LogP contribution in [0.5, 0.6) is 0 Å². The molecule has 0 aromatic carbocycles. The first-order chi connectivity index (χ1) is 8.17. The molecule has 1 heterocycles. The Balaban J connectivity index is 2.29. The van der Waals surface area contributed by atoms with Crippen molar-refractivity contribution >= 4 is 0 Å². The van der Waals surface area contributed by atoms with E-state index >= 15 is 0 Å². The van der Waals surface area contributed by atoms with Crippen molar-refractivity contribution < 1.29 is 0 Å². The van der Waals surface area contributed by atoms with E-state index in [-0.39, 0.29) is 5.92 Å². The topological polar surface area (TPSA) is 30.3 Å². The van der Waals surface area contributed by atoms with Crippen LogP contribution in [0.4, 0.5) is 0 Å². The maximum Gasteiger partial charge on any atom is 0.0666 e. The summed E-state index contributed by atoms with van der Waals surface area (Å²) >= 11 is 0. The molecule has 0 amide bonds. The minimum atomic E-state index is 0.152. The Morgan fingerprint density at radius 3 is 2.82 bits per heavy atom. The largest absolute Gasteiger partial charge is 0.303 e. The normalized spacial score (nSPS) is 23.6. The number of hydrogen-bond acceptors (Lipinski definition) is 3. The minimum Gasteiger partial charge on any atom is -0.303 e. The van der Waals surface area contributed by atoms with Crippen molar-refractivity contribution in [1.29, 1.82) is 5.26 Å². The van der Waals surface area contributed by atoms with Crippen molar-refractivity contribution in [1.82, 2.24) is 9.80 Å². The second-order valence-electron chi connectivity index (χ2n) is 5.34. The van der Waals surface area contributed by atoms with Gasteiger partial charge in [-0.2, -0.15) is 5.26 Å². The van der Waals surface area contributed by atoms with Gasteiger partial charge in [0.05, 0.1) is 12.0 Å². The molecule has 1 fully saturated rings. The quantitative estimate of drug-likeness (QED) is 0.710. The van der Waals surface area contributed by atoms with Crippen molar-refractivity contribution in [2.45, 2.75) is 45.6 Å². The molecule has 1 saturated heterocycles. The molecular weight excluding hydrogens is 210 g/mol. The summed E-state index contributed by atoms with van der Waals surface area (Å²) in [5.41, 5.74) is 0. The number of rotatable bonds is 6. The molecule has 0 saturated carbocycles. The van der Waals surface area contributed by atoms with Crippen LogP contribution < -0.4 is 0 Å². The van der Waals surface area contributed by atoms with Gasteiger partial charge < -0.3 is 9.80 Å². The second kappa shape index (κ2) is 7.68. The molecule has 2 atom stereocenters. The molecule has 0 aliphatic carbocycles. The Kier molecular flexibility index (Phi) is 6.54. The fraction of sp³-hybridized carbons (Fsp3) is 0.929. The summed E-state index contributed by atoms with van der Waals surface area (Å²) in [5, 5.41) is 8.85. The number of hydrogen-bond donors (Lipinski definition) is 0. The number of nitrogens with zero attached hydrogens (tertiary/aromatic N) is 3. The van der Waals surface area contributed by atoms with Crippen LogP contribution in [-0.4, -0.2) is 49.1 Å². The van der Waals surface area contributed by atoms with Crippen LogP contribution in [0.3, 0.4) is 0 Å². The Labute approximate surface area is 106 Å². The Hall–Kier alpha value is -0.590. The van der Waals surface area contributed by atoms with Gasteiger partial charge in [-0.05, 0) is 52.9 Å².